The summed E-state index contributed by atoms with van der Waals surface area (Å²) in [4.78, 5) is 0. The van der Waals surface area contributed by atoms with Crippen LogP contribution in [0.5, 0.6) is 0 Å². The van der Waals surface area contributed by atoms with Crippen LogP contribution in [0.25, 0.3) is 0 Å². The van der Waals surface area contributed by atoms with Crippen molar-refractivity contribution < 1.29 is 0 Å². The lowest BCUT2D eigenvalue weighted by Crippen LogP contribution is -2.18. The molecule has 19 heavy (non-hydrogen) atoms. The van der Waals surface area contributed by atoms with Gasteiger partial charge in [0.25, 0.3) is 0 Å². The van der Waals surface area contributed by atoms with Crippen LogP contribution in [-0.2, 0) is 12.8 Å². The Bertz CT molecular complexity index is 683. The minimum Gasteiger partial charge on any atom is -0.309 e. The molecule has 0 bridgehead atoms. The fraction of sp³-hybridized carbons (Fsp3) is 0.176. The van der Waals surface area contributed by atoms with Gasteiger partial charge in [0.05, 0.1) is 5.71 Å². The molecule has 3 rings (SSSR count). The predicted molar refractivity (Wildman–Crippen MR) is 78.7 cm³/mol. The summed E-state index contributed by atoms with van der Waals surface area (Å²) >= 11 is 0. The Labute approximate surface area is 113 Å². The van der Waals surface area contributed by atoms with E-state index in [0.29, 0.717) is 24.3 Å². The molecule has 2 aromatic rings. The van der Waals surface area contributed by atoms with E-state index in [4.69, 9.17) is 10.8 Å². The van der Waals surface area contributed by atoms with Crippen molar-refractivity contribution in [2.75, 3.05) is 0 Å². The van der Waals surface area contributed by atoms with Gasteiger partial charge in [0.1, 0.15) is 0 Å². The molecule has 0 unspecified atom stereocenters. The van der Waals surface area contributed by atoms with Gasteiger partial charge < -0.3 is 5.41 Å². The van der Waals surface area contributed by atoms with Gasteiger partial charge in [0.15, 0.2) is 0 Å². The number of rotatable bonds is 0. The lowest BCUT2D eigenvalue weighted by molar-refractivity contribution is 1.14. The highest BCUT2D eigenvalue weighted by atomic mass is 14.5. The quantitative estimate of drug-likeness (QED) is 0.716. The van der Waals surface area contributed by atoms with Gasteiger partial charge in [-0.3, -0.25) is 5.41 Å². The summed E-state index contributed by atoms with van der Waals surface area (Å²) in [7, 11) is 0. The average Bonchev–Trinajstić information content (AvgIpc) is 2.37. The van der Waals surface area contributed by atoms with Crippen molar-refractivity contribution in [1.82, 2.24) is 0 Å². The zero-order valence-electron chi connectivity index (χ0n) is 11.0. The van der Waals surface area contributed by atoms with Crippen LogP contribution < -0.4 is 0 Å². The second kappa shape index (κ2) is 4.47. The minimum absolute atomic E-state index is 0.594. The van der Waals surface area contributed by atoms with E-state index in [0.717, 1.165) is 27.8 Å². The van der Waals surface area contributed by atoms with Crippen LogP contribution in [0.1, 0.15) is 27.8 Å². The van der Waals surface area contributed by atoms with Crippen LogP contribution in [0.15, 0.2) is 42.5 Å². The third kappa shape index (κ3) is 1.99. The molecule has 0 saturated carbocycles. The molecule has 2 N–H and O–H groups in total. The lowest BCUT2D eigenvalue weighted by Gasteiger charge is -2.20. The Morgan fingerprint density at radius 1 is 0.842 bits per heavy atom. The van der Waals surface area contributed by atoms with Crippen LogP contribution in [0.3, 0.4) is 0 Å². The van der Waals surface area contributed by atoms with Crippen molar-refractivity contribution in [2.45, 2.75) is 19.8 Å². The van der Waals surface area contributed by atoms with Crippen LogP contribution in [0.4, 0.5) is 0 Å². The zero-order valence-corrected chi connectivity index (χ0v) is 11.0. The first-order valence-corrected chi connectivity index (χ1v) is 6.49. The van der Waals surface area contributed by atoms with Crippen molar-refractivity contribution in [1.29, 1.82) is 10.8 Å². The molecule has 0 spiro atoms. The normalized spacial score (nSPS) is 14.4. The van der Waals surface area contributed by atoms with Gasteiger partial charge in [-0.2, -0.15) is 0 Å². The lowest BCUT2D eigenvalue weighted by atomic mass is 9.84. The first-order chi connectivity index (χ1) is 9.16. The molecule has 94 valence electrons. The first kappa shape index (κ1) is 11.8. The molecule has 0 fully saturated rings. The highest BCUT2D eigenvalue weighted by Gasteiger charge is 2.19. The van der Waals surface area contributed by atoms with Gasteiger partial charge in [0, 0.05) is 29.7 Å². The summed E-state index contributed by atoms with van der Waals surface area (Å²) in [5.41, 5.74) is 6.58. The standard InChI is InChI=1S/C17H16N2/c1-11-5-4-7-13-10-14(18)9-12-6-2-3-8-15(12)17(19)16(11)13/h2-8,18-19H,9-10H2,1H3. The van der Waals surface area contributed by atoms with E-state index in [1.807, 2.05) is 49.4 Å². The molecule has 0 amide bonds. The summed E-state index contributed by atoms with van der Waals surface area (Å²) in [5, 5.41) is 16.7. The van der Waals surface area contributed by atoms with Crippen LogP contribution in [0, 0.1) is 17.7 Å². The van der Waals surface area contributed by atoms with E-state index in [9.17, 15) is 0 Å². The predicted octanol–water partition coefficient (Wildman–Crippen LogP) is 3.53. The Kier molecular flexibility index (Phi) is 2.79. The van der Waals surface area contributed by atoms with Crippen LogP contribution >= 0.6 is 0 Å². The third-order valence-corrected chi connectivity index (χ3v) is 3.70. The maximum atomic E-state index is 8.53. The molecule has 0 aliphatic heterocycles. The Balaban J connectivity index is 2.28. The largest absolute Gasteiger partial charge is 0.309 e. The first-order valence-electron chi connectivity index (χ1n) is 6.49. The number of fused-ring (bicyclic) bond motifs is 2. The topological polar surface area (TPSA) is 47.7 Å². The number of aryl methyl sites for hydroxylation is 1. The van der Waals surface area contributed by atoms with Gasteiger partial charge in [-0.1, -0.05) is 42.5 Å². The second-order valence-electron chi connectivity index (χ2n) is 5.10. The molecule has 2 heteroatoms. The van der Waals surface area contributed by atoms with Crippen LogP contribution in [0.2, 0.25) is 0 Å². The van der Waals surface area contributed by atoms with Gasteiger partial charge in [-0.05, 0) is 23.6 Å². The molecule has 0 atom stereocenters. The van der Waals surface area contributed by atoms with Gasteiger partial charge >= 0.3 is 0 Å². The fourth-order valence-electron chi connectivity index (χ4n) is 2.81. The number of hydrogen-bond acceptors (Lipinski definition) is 2. The van der Waals surface area contributed by atoms with Crippen molar-refractivity contribution in [3.05, 3.63) is 70.3 Å². The molecule has 1 aliphatic rings. The monoisotopic (exact) mass is 248 g/mol. The van der Waals surface area contributed by atoms with Crippen molar-refractivity contribution in [3.63, 3.8) is 0 Å². The van der Waals surface area contributed by atoms with Crippen LogP contribution in [-0.4, -0.2) is 11.4 Å². The zero-order chi connectivity index (χ0) is 13.4. The molecule has 2 nitrogen and oxygen atoms in total. The Morgan fingerprint density at radius 2 is 1.53 bits per heavy atom. The SMILES string of the molecule is Cc1cccc2c1C(=N)c1ccccc1CC(=N)C2. The third-order valence-electron chi connectivity index (χ3n) is 3.70. The Hall–Kier alpha value is -2.22. The molecular formula is C17H16N2. The number of hydrogen-bond donors (Lipinski definition) is 2. The van der Waals surface area contributed by atoms with E-state index in [1.54, 1.807) is 0 Å². The molecule has 0 heterocycles. The van der Waals surface area contributed by atoms with E-state index < -0.39 is 0 Å². The molecule has 0 radical (unpaired) electrons. The minimum atomic E-state index is 0.594. The van der Waals surface area contributed by atoms with E-state index >= 15 is 0 Å². The molecule has 0 saturated heterocycles. The summed E-state index contributed by atoms with van der Waals surface area (Å²) < 4.78 is 0. The maximum Gasteiger partial charge on any atom is 0.0692 e. The van der Waals surface area contributed by atoms with Gasteiger partial charge in [-0.15, -0.1) is 0 Å². The smallest absolute Gasteiger partial charge is 0.0692 e. The summed E-state index contributed by atoms with van der Waals surface area (Å²) in [6.07, 6.45) is 1.29. The summed E-state index contributed by atoms with van der Waals surface area (Å²) in [6, 6.07) is 14.1. The van der Waals surface area contributed by atoms with E-state index in [1.165, 1.54) is 0 Å². The number of nitrogens with one attached hydrogen (secondary N) is 2. The highest BCUT2D eigenvalue weighted by Crippen LogP contribution is 2.25. The van der Waals surface area contributed by atoms with Gasteiger partial charge in [0.2, 0.25) is 0 Å². The van der Waals surface area contributed by atoms with E-state index in [-0.39, 0.29) is 0 Å². The fourth-order valence-corrected chi connectivity index (χ4v) is 2.81. The van der Waals surface area contributed by atoms with Crippen molar-refractivity contribution in [3.8, 4) is 0 Å². The molecule has 1 aliphatic carbocycles. The van der Waals surface area contributed by atoms with Crippen molar-refractivity contribution in [2.24, 2.45) is 0 Å². The highest BCUT2D eigenvalue weighted by molar-refractivity contribution is 6.15. The average molecular weight is 248 g/mol. The maximum absolute atomic E-state index is 8.53. The second-order valence-corrected chi connectivity index (χ2v) is 5.10. The number of benzene rings is 2. The van der Waals surface area contributed by atoms with E-state index in [2.05, 4.69) is 0 Å². The molecule has 0 aromatic heterocycles. The molecular weight excluding hydrogens is 232 g/mol. The summed E-state index contributed by atoms with van der Waals surface area (Å²) in [5.74, 6) is 0. The van der Waals surface area contributed by atoms with Crippen molar-refractivity contribution >= 4 is 11.4 Å². The summed E-state index contributed by atoms with van der Waals surface area (Å²) in [6.45, 7) is 2.04. The Morgan fingerprint density at radius 3 is 2.37 bits per heavy atom. The molecule has 2 aromatic carbocycles. The van der Waals surface area contributed by atoms with Gasteiger partial charge in [-0.25, -0.2) is 0 Å².